The topological polar surface area (TPSA) is 77.5 Å². The van der Waals surface area contributed by atoms with Crippen LogP contribution in [0.2, 0.25) is 0 Å². The largest absolute Gasteiger partial charge is 0.493 e. The lowest BCUT2D eigenvalue weighted by Gasteiger charge is -2.31. The Kier molecular flexibility index (Phi) is 6.24. The zero-order valence-corrected chi connectivity index (χ0v) is 15.6. The van der Waals surface area contributed by atoms with Gasteiger partial charge < -0.3 is 9.47 Å². The maximum atomic E-state index is 11.9. The molecule has 0 radical (unpaired) electrons. The molecule has 140 valence electrons. The Morgan fingerprint density at radius 2 is 2.04 bits per heavy atom. The molecule has 1 aliphatic rings. The summed E-state index contributed by atoms with van der Waals surface area (Å²) in [5, 5.41) is 0. The molecule has 7 heteroatoms. The van der Waals surface area contributed by atoms with Crippen molar-refractivity contribution >= 4 is 10.0 Å². The summed E-state index contributed by atoms with van der Waals surface area (Å²) in [4.78, 5) is 4.33. The fraction of sp³-hybridized carbons (Fsp3) is 0.421. The van der Waals surface area contributed by atoms with Crippen molar-refractivity contribution in [1.29, 1.82) is 0 Å². The second kappa shape index (κ2) is 8.62. The second-order valence-electron chi connectivity index (χ2n) is 6.30. The van der Waals surface area contributed by atoms with Crippen LogP contribution in [0.4, 0.5) is 0 Å². The number of nitrogens with one attached hydrogen (secondary N) is 1. The molecular weight excluding hydrogens is 352 g/mol. The van der Waals surface area contributed by atoms with Crippen molar-refractivity contribution in [3.8, 4) is 17.0 Å². The third-order valence-corrected chi connectivity index (χ3v) is 5.89. The monoisotopic (exact) mass is 376 g/mol. The van der Waals surface area contributed by atoms with Gasteiger partial charge in [0, 0.05) is 30.3 Å². The number of hydrogen-bond donors (Lipinski definition) is 1. The van der Waals surface area contributed by atoms with Gasteiger partial charge in [-0.15, -0.1) is 0 Å². The molecule has 3 rings (SSSR count). The zero-order valence-electron chi connectivity index (χ0n) is 14.8. The van der Waals surface area contributed by atoms with Crippen LogP contribution in [0.1, 0.15) is 13.3 Å². The molecule has 1 aromatic heterocycles. The van der Waals surface area contributed by atoms with Crippen LogP contribution in [-0.2, 0) is 14.8 Å². The van der Waals surface area contributed by atoms with Crippen molar-refractivity contribution in [2.75, 3.05) is 25.6 Å². The van der Waals surface area contributed by atoms with E-state index in [2.05, 4.69) is 9.71 Å². The van der Waals surface area contributed by atoms with Gasteiger partial charge in [0.05, 0.1) is 24.7 Å². The first-order chi connectivity index (χ1) is 12.6. The smallest absolute Gasteiger partial charge is 0.211 e. The molecule has 2 atom stereocenters. The highest BCUT2D eigenvalue weighted by molar-refractivity contribution is 7.89. The standard InChI is InChI=1S/C19H24N2O4S/c1-2-26(22,23)21-19-10-12-24-13-16(19)14-25-17-8-6-15(7-9-17)18-5-3-4-11-20-18/h3-9,11,16,19,21H,2,10,12-14H2,1H3/t16-,19+/m1/s1. The van der Waals surface area contributed by atoms with E-state index >= 15 is 0 Å². The first-order valence-electron chi connectivity index (χ1n) is 8.79. The summed E-state index contributed by atoms with van der Waals surface area (Å²) in [6, 6.07) is 13.4. The number of rotatable bonds is 7. The third-order valence-electron chi connectivity index (χ3n) is 4.46. The van der Waals surface area contributed by atoms with Crippen LogP contribution in [0.5, 0.6) is 5.75 Å². The van der Waals surface area contributed by atoms with Crippen LogP contribution < -0.4 is 9.46 Å². The summed E-state index contributed by atoms with van der Waals surface area (Å²) < 4.78 is 37.9. The molecule has 2 aromatic rings. The van der Waals surface area contributed by atoms with Gasteiger partial charge in [-0.3, -0.25) is 4.98 Å². The van der Waals surface area contributed by atoms with Gasteiger partial charge in [0.15, 0.2) is 0 Å². The predicted molar refractivity (Wildman–Crippen MR) is 100 cm³/mol. The van der Waals surface area contributed by atoms with E-state index in [0.717, 1.165) is 17.0 Å². The molecular formula is C19H24N2O4S. The van der Waals surface area contributed by atoms with E-state index < -0.39 is 10.0 Å². The van der Waals surface area contributed by atoms with Gasteiger partial charge in [0.1, 0.15) is 5.75 Å². The molecule has 0 unspecified atom stereocenters. The molecule has 0 bridgehead atoms. The number of hydrogen-bond acceptors (Lipinski definition) is 5. The van der Waals surface area contributed by atoms with Gasteiger partial charge in [0.2, 0.25) is 10.0 Å². The maximum Gasteiger partial charge on any atom is 0.211 e. The van der Waals surface area contributed by atoms with Gasteiger partial charge in [-0.1, -0.05) is 6.07 Å². The van der Waals surface area contributed by atoms with E-state index in [1.54, 1.807) is 13.1 Å². The summed E-state index contributed by atoms with van der Waals surface area (Å²) >= 11 is 0. The highest BCUT2D eigenvalue weighted by Gasteiger charge is 2.29. The molecule has 0 amide bonds. The lowest BCUT2D eigenvalue weighted by Crippen LogP contribution is -2.47. The highest BCUT2D eigenvalue weighted by atomic mass is 32.2. The van der Waals surface area contributed by atoms with Gasteiger partial charge in [0.25, 0.3) is 0 Å². The fourth-order valence-corrected chi connectivity index (χ4v) is 3.83. The number of benzene rings is 1. The molecule has 0 aliphatic carbocycles. The second-order valence-corrected chi connectivity index (χ2v) is 8.34. The van der Waals surface area contributed by atoms with E-state index in [4.69, 9.17) is 9.47 Å². The zero-order chi connectivity index (χ0) is 18.4. The normalized spacial score (nSPS) is 20.7. The van der Waals surface area contributed by atoms with Gasteiger partial charge in [-0.05, 0) is 49.7 Å². The van der Waals surface area contributed by atoms with Crippen molar-refractivity contribution in [3.05, 3.63) is 48.7 Å². The number of nitrogens with zero attached hydrogens (tertiary/aromatic N) is 1. The predicted octanol–water partition coefficient (Wildman–Crippen LogP) is 2.47. The summed E-state index contributed by atoms with van der Waals surface area (Å²) in [6.07, 6.45) is 2.42. The molecule has 0 saturated carbocycles. The average molecular weight is 376 g/mol. The van der Waals surface area contributed by atoms with E-state index in [0.29, 0.717) is 26.2 Å². The minimum atomic E-state index is -3.24. The molecule has 1 N–H and O–H groups in total. The van der Waals surface area contributed by atoms with Crippen molar-refractivity contribution in [2.45, 2.75) is 19.4 Å². The van der Waals surface area contributed by atoms with Crippen LogP contribution in [0.25, 0.3) is 11.3 Å². The third kappa shape index (κ3) is 5.03. The number of ether oxygens (including phenoxy) is 2. The van der Waals surface area contributed by atoms with Crippen LogP contribution >= 0.6 is 0 Å². The van der Waals surface area contributed by atoms with Gasteiger partial charge >= 0.3 is 0 Å². The molecule has 1 fully saturated rings. The number of aromatic nitrogens is 1. The highest BCUT2D eigenvalue weighted by Crippen LogP contribution is 2.22. The van der Waals surface area contributed by atoms with Crippen molar-refractivity contribution in [2.24, 2.45) is 5.92 Å². The molecule has 2 heterocycles. The van der Waals surface area contributed by atoms with Gasteiger partial charge in [-0.25, -0.2) is 13.1 Å². The molecule has 6 nitrogen and oxygen atoms in total. The van der Waals surface area contributed by atoms with E-state index in [1.807, 2.05) is 42.5 Å². The van der Waals surface area contributed by atoms with Gasteiger partial charge in [-0.2, -0.15) is 0 Å². The summed E-state index contributed by atoms with van der Waals surface area (Å²) in [5.74, 6) is 0.806. The summed E-state index contributed by atoms with van der Waals surface area (Å²) in [7, 11) is -3.24. The average Bonchev–Trinajstić information content (AvgIpc) is 2.68. The first kappa shape index (κ1) is 18.8. The van der Waals surface area contributed by atoms with Crippen molar-refractivity contribution in [1.82, 2.24) is 9.71 Å². The Morgan fingerprint density at radius 1 is 1.23 bits per heavy atom. The van der Waals surface area contributed by atoms with E-state index in [-0.39, 0.29) is 17.7 Å². The molecule has 1 saturated heterocycles. The van der Waals surface area contributed by atoms with Crippen LogP contribution in [0, 0.1) is 5.92 Å². The Bertz CT molecular complexity index is 794. The number of pyridine rings is 1. The quantitative estimate of drug-likeness (QED) is 0.803. The Hall–Kier alpha value is -1.96. The molecule has 1 aliphatic heterocycles. The summed E-state index contributed by atoms with van der Waals surface area (Å²) in [5.41, 5.74) is 1.93. The Balaban J connectivity index is 1.60. The lowest BCUT2D eigenvalue weighted by atomic mass is 9.98. The first-order valence-corrected chi connectivity index (χ1v) is 10.4. The van der Waals surface area contributed by atoms with Crippen LogP contribution in [0.3, 0.4) is 0 Å². The number of sulfonamides is 1. The van der Waals surface area contributed by atoms with Crippen LogP contribution in [-0.4, -0.2) is 45.0 Å². The Morgan fingerprint density at radius 3 is 2.73 bits per heavy atom. The van der Waals surface area contributed by atoms with E-state index in [9.17, 15) is 8.42 Å². The fourth-order valence-electron chi connectivity index (χ4n) is 2.89. The molecule has 1 aromatic carbocycles. The van der Waals surface area contributed by atoms with E-state index in [1.165, 1.54) is 0 Å². The molecule has 0 spiro atoms. The molecule has 26 heavy (non-hydrogen) atoms. The van der Waals surface area contributed by atoms with Crippen molar-refractivity contribution in [3.63, 3.8) is 0 Å². The summed E-state index contributed by atoms with van der Waals surface area (Å²) in [6.45, 7) is 3.09. The van der Waals surface area contributed by atoms with Crippen molar-refractivity contribution < 1.29 is 17.9 Å². The maximum absolute atomic E-state index is 11.9. The minimum Gasteiger partial charge on any atom is -0.493 e. The SMILES string of the molecule is CCS(=O)(=O)N[C@H]1CCOC[C@@H]1COc1ccc(-c2ccccn2)cc1. The van der Waals surface area contributed by atoms with Crippen LogP contribution in [0.15, 0.2) is 48.7 Å². The Labute approximate surface area is 154 Å². The lowest BCUT2D eigenvalue weighted by molar-refractivity contribution is 0.0186. The minimum absolute atomic E-state index is 0.0134.